The van der Waals surface area contributed by atoms with Gasteiger partial charge in [0.15, 0.2) is 5.78 Å². The molecule has 30 heavy (non-hydrogen) atoms. The van der Waals surface area contributed by atoms with Gasteiger partial charge in [0.05, 0.1) is 17.7 Å². The van der Waals surface area contributed by atoms with Crippen LogP contribution in [0.5, 0.6) is 5.75 Å². The van der Waals surface area contributed by atoms with Crippen LogP contribution in [0.2, 0.25) is 0 Å². The number of carbonyl (C=O) groups excluding carboxylic acids is 1. The molecule has 0 spiro atoms. The van der Waals surface area contributed by atoms with Gasteiger partial charge >= 0.3 is 0 Å². The van der Waals surface area contributed by atoms with Crippen molar-refractivity contribution in [1.29, 1.82) is 0 Å². The first-order valence-electron chi connectivity index (χ1n) is 9.97. The van der Waals surface area contributed by atoms with Crippen LogP contribution in [0.4, 0.5) is 5.69 Å². The van der Waals surface area contributed by atoms with E-state index in [0.717, 1.165) is 33.4 Å². The Kier molecular flexibility index (Phi) is 5.48. The second-order valence-electron chi connectivity index (χ2n) is 7.17. The average molecular weight is 397 g/mol. The van der Waals surface area contributed by atoms with Crippen LogP contribution >= 0.6 is 0 Å². The van der Waals surface area contributed by atoms with Gasteiger partial charge in [0.2, 0.25) is 0 Å². The predicted octanol–water partition coefficient (Wildman–Crippen LogP) is 6.24. The summed E-state index contributed by atoms with van der Waals surface area (Å²) in [5, 5.41) is 1.61. The first-order valence-corrected chi connectivity index (χ1v) is 9.97. The van der Waals surface area contributed by atoms with Crippen molar-refractivity contribution in [2.24, 2.45) is 4.99 Å². The van der Waals surface area contributed by atoms with Gasteiger partial charge in [-0.25, -0.2) is 4.99 Å². The molecule has 0 amide bonds. The van der Waals surface area contributed by atoms with Crippen LogP contribution in [-0.4, -0.2) is 12.4 Å². The number of Topliss-reactive ketones (excluding diaryl/α,β-unsaturated/α-hetero) is 1. The van der Waals surface area contributed by atoms with E-state index in [1.807, 2.05) is 55.5 Å². The van der Waals surface area contributed by atoms with Gasteiger partial charge in [-0.15, -0.1) is 0 Å². The number of fused-ring (bicyclic) bond motifs is 1. The molecule has 0 atom stereocenters. The van der Waals surface area contributed by atoms with Gasteiger partial charge in [0, 0.05) is 22.6 Å². The SMILES string of the molecule is CCOc1ccc2oc(-c3ccc(C)cc3)cc(=Nc3cccc(C(C)=O)c3)c2c1. The lowest BCUT2D eigenvalue weighted by atomic mass is 10.1. The zero-order valence-electron chi connectivity index (χ0n) is 17.3. The molecule has 0 saturated heterocycles. The molecule has 1 aromatic heterocycles. The van der Waals surface area contributed by atoms with E-state index in [4.69, 9.17) is 14.1 Å². The van der Waals surface area contributed by atoms with E-state index < -0.39 is 0 Å². The summed E-state index contributed by atoms with van der Waals surface area (Å²) in [6, 6.07) is 23.2. The second-order valence-corrected chi connectivity index (χ2v) is 7.17. The fourth-order valence-corrected chi connectivity index (χ4v) is 3.29. The van der Waals surface area contributed by atoms with Crippen molar-refractivity contribution in [2.45, 2.75) is 20.8 Å². The molecule has 0 bridgehead atoms. The summed E-state index contributed by atoms with van der Waals surface area (Å²) < 4.78 is 11.9. The van der Waals surface area contributed by atoms with Crippen LogP contribution in [0.3, 0.4) is 0 Å². The zero-order chi connectivity index (χ0) is 21.1. The Bertz CT molecular complexity index is 1280. The van der Waals surface area contributed by atoms with Gasteiger partial charge in [0.1, 0.15) is 17.1 Å². The monoisotopic (exact) mass is 397 g/mol. The third kappa shape index (κ3) is 4.18. The van der Waals surface area contributed by atoms with Crippen LogP contribution < -0.4 is 10.1 Å². The number of ketones is 1. The number of hydrogen-bond donors (Lipinski definition) is 0. The fourth-order valence-electron chi connectivity index (χ4n) is 3.29. The standard InChI is InChI=1S/C26H23NO3/c1-4-29-22-12-13-25-23(15-22)24(27-21-7-5-6-20(14-21)18(3)28)16-26(30-25)19-10-8-17(2)9-11-19/h5-16H,4H2,1-3H3. The Morgan fingerprint density at radius 1 is 1.00 bits per heavy atom. The van der Waals surface area contributed by atoms with Gasteiger partial charge in [0.25, 0.3) is 0 Å². The molecule has 4 rings (SSSR count). The molecule has 1 heterocycles. The molecule has 4 aromatic rings. The van der Waals surface area contributed by atoms with Crippen LogP contribution in [0.1, 0.15) is 29.8 Å². The van der Waals surface area contributed by atoms with E-state index >= 15 is 0 Å². The maximum Gasteiger partial charge on any atom is 0.159 e. The normalized spacial score (nSPS) is 11.6. The fraction of sp³-hybridized carbons (Fsp3) is 0.154. The molecule has 0 aliphatic carbocycles. The van der Waals surface area contributed by atoms with Gasteiger partial charge < -0.3 is 9.15 Å². The highest BCUT2D eigenvalue weighted by Gasteiger charge is 2.08. The van der Waals surface area contributed by atoms with Crippen molar-refractivity contribution in [3.8, 4) is 17.1 Å². The summed E-state index contributed by atoms with van der Waals surface area (Å²) in [5.74, 6) is 1.50. The number of aryl methyl sites for hydroxylation is 1. The van der Waals surface area contributed by atoms with Crippen molar-refractivity contribution in [1.82, 2.24) is 0 Å². The Hall–Kier alpha value is -3.66. The molecule has 0 aliphatic rings. The molecule has 0 unspecified atom stereocenters. The number of hydrogen-bond acceptors (Lipinski definition) is 4. The van der Waals surface area contributed by atoms with Crippen molar-refractivity contribution >= 4 is 22.4 Å². The summed E-state index contributed by atoms with van der Waals surface area (Å²) in [6.45, 7) is 6.14. The van der Waals surface area contributed by atoms with Gasteiger partial charge in [-0.2, -0.15) is 0 Å². The summed E-state index contributed by atoms with van der Waals surface area (Å²) in [7, 11) is 0. The van der Waals surface area contributed by atoms with Gasteiger partial charge in [-0.05, 0) is 51.1 Å². The minimum Gasteiger partial charge on any atom is -0.494 e. The van der Waals surface area contributed by atoms with Crippen molar-refractivity contribution < 1.29 is 13.9 Å². The molecular weight excluding hydrogens is 374 g/mol. The summed E-state index contributed by atoms with van der Waals surface area (Å²) >= 11 is 0. The van der Waals surface area contributed by atoms with E-state index in [9.17, 15) is 4.79 Å². The van der Waals surface area contributed by atoms with Gasteiger partial charge in [-0.1, -0.05) is 42.0 Å². The first kappa shape index (κ1) is 19.6. The molecule has 4 nitrogen and oxygen atoms in total. The lowest BCUT2D eigenvalue weighted by Crippen LogP contribution is -2.04. The number of nitrogens with zero attached hydrogens (tertiary/aromatic N) is 1. The minimum atomic E-state index is 0.0129. The molecule has 0 aliphatic heterocycles. The quantitative estimate of drug-likeness (QED) is 0.374. The highest BCUT2D eigenvalue weighted by molar-refractivity contribution is 5.94. The Balaban J connectivity index is 1.96. The summed E-state index contributed by atoms with van der Waals surface area (Å²) in [6.07, 6.45) is 0. The molecule has 4 heteroatoms. The third-order valence-corrected chi connectivity index (χ3v) is 4.86. The first-order chi connectivity index (χ1) is 14.5. The number of ether oxygens (including phenoxy) is 1. The molecule has 0 saturated carbocycles. The zero-order valence-corrected chi connectivity index (χ0v) is 17.3. The summed E-state index contributed by atoms with van der Waals surface area (Å²) in [5.41, 5.74) is 4.23. The Labute approximate surface area is 175 Å². The lowest BCUT2D eigenvalue weighted by Gasteiger charge is -2.08. The summed E-state index contributed by atoms with van der Waals surface area (Å²) in [4.78, 5) is 16.6. The molecule has 0 radical (unpaired) electrons. The molecule has 150 valence electrons. The number of rotatable bonds is 5. The molecule has 3 aromatic carbocycles. The van der Waals surface area contributed by atoms with Crippen LogP contribution in [0.15, 0.2) is 82.2 Å². The third-order valence-electron chi connectivity index (χ3n) is 4.86. The van der Waals surface area contributed by atoms with E-state index in [0.29, 0.717) is 17.9 Å². The van der Waals surface area contributed by atoms with E-state index in [1.54, 1.807) is 19.1 Å². The van der Waals surface area contributed by atoms with Crippen molar-refractivity contribution in [2.75, 3.05) is 6.61 Å². The predicted molar refractivity (Wildman–Crippen MR) is 119 cm³/mol. The van der Waals surface area contributed by atoms with Crippen LogP contribution in [0, 0.1) is 6.92 Å². The van der Waals surface area contributed by atoms with Crippen LogP contribution in [0.25, 0.3) is 22.3 Å². The molecule has 0 fully saturated rings. The molecular formula is C26H23NO3. The Morgan fingerprint density at radius 2 is 1.80 bits per heavy atom. The number of benzene rings is 3. The highest BCUT2D eigenvalue weighted by atomic mass is 16.5. The average Bonchev–Trinajstić information content (AvgIpc) is 2.75. The lowest BCUT2D eigenvalue weighted by molar-refractivity contribution is 0.101. The molecule has 0 N–H and O–H groups in total. The second kappa shape index (κ2) is 8.37. The minimum absolute atomic E-state index is 0.0129. The van der Waals surface area contributed by atoms with E-state index in [2.05, 4.69) is 19.1 Å². The maximum atomic E-state index is 11.8. The number of carbonyl (C=O) groups is 1. The Morgan fingerprint density at radius 3 is 2.53 bits per heavy atom. The maximum absolute atomic E-state index is 11.8. The van der Waals surface area contributed by atoms with E-state index in [1.165, 1.54) is 5.56 Å². The largest absolute Gasteiger partial charge is 0.494 e. The van der Waals surface area contributed by atoms with Crippen LogP contribution in [-0.2, 0) is 0 Å². The smallest absolute Gasteiger partial charge is 0.159 e. The van der Waals surface area contributed by atoms with Crippen molar-refractivity contribution in [3.05, 3.63) is 89.3 Å². The topological polar surface area (TPSA) is 51.8 Å². The van der Waals surface area contributed by atoms with Crippen molar-refractivity contribution in [3.63, 3.8) is 0 Å². The van der Waals surface area contributed by atoms with Gasteiger partial charge in [-0.3, -0.25) is 4.79 Å². The van der Waals surface area contributed by atoms with E-state index in [-0.39, 0.29) is 5.78 Å². The highest BCUT2D eigenvalue weighted by Crippen LogP contribution is 2.26.